The van der Waals surface area contributed by atoms with E-state index in [1.165, 1.54) is 4.67 Å². The van der Waals surface area contributed by atoms with Crippen molar-refractivity contribution < 1.29 is 14.7 Å². The molecule has 0 bridgehead atoms. The summed E-state index contributed by atoms with van der Waals surface area (Å²) in [5.41, 5.74) is 0.710. The molecule has 1 atom stereocenters. The van der Waals surface area contributed by atoms with Gasteiger partial charge in [-0.15, -0.1) is 0 Å². The van der Waals surface area contributed by atoms with Gasteiger partial charge < -0.3 is 0 Å². The van der Waals surface area contributed by atoms with Gasteiger partial charge in [0.2, 0.25) is 0 Å². The van der Waals surface area contributed by atoms with Crippen molar-refractivity contribution in [2.24, 2.45) is 0 Å². The van der Waals surface area contributed by atoms with E-state index in [0.717, 1.165) is 0 Å². The predicted molar refractivity (Wildman–Crippen MR) is 107 cm³/mol. The van der Waals surface area contributed by atoms with Crippen molar-refractivity contribution in [1.82, 2.24) is 9.57 Å². The third-order valence-corrected chi connectivity index (χ3v) is 7.76. The fourth-order valence-electron chi connectivity index (χ4n) is 4.07. The molecular weight excluding hydrogens is 335 g/mol. The first-order chi connectivity index (χ1) is 11.3. The second-order valence-corrected chi connectivity index (χ2v) is 10.9. The van der Waals surface area contributed by atoms with Gasteiger partial charge in [-0.3, -0.25) is 0 Å². The van der Waals surface area contributed by atoms with Crippen LogP contribution in [0.4, 0.5) is 0 Å². The van der Waals surface area contributed by atoms with E-state index >= 15 is 0 Å². The van der Waals surface area contributed by atoms with Gasteiger partial charge in [-0.1, -0.05) is 0 Å². The molecule has 0 amide bonds. The van der Waals surface area contributed by atoms with Crippen molar-refractivity contribution in [1.29, 1.82) is 0 Å². The van der Waals surface area contributed by atoms with Crippen LogP contribution in [-0.2, 0) is 0 Å². The molecule has 0 aliphatic rings. The molecule has 1 unspecified atom stereocenters. The van der Waals surface area contributed by atoms with Gasteiger partial charge >= 0.3 is 153 Å². The van der Waals surface area contributed by atoms with Gasteiger partial charge in [0.05, 0.1) is 0 Å². The van der Waals surface area contributed by atoms with E-state index < -0.39 is 13.2 Å². The van der Waals surface area contributed by atoms with Gasteiger partial charge in [0.15, 0.2) is 0 Å². The van der Waals surface area contributed by atoms with E-state index in [2.05, 4.69) is 0 Å². The first-order valence-electron chi connectivity index (χ1n) is 9.17. The number of nitrogens with zero attached hydrogens (tertiary/aromatic N) is 2. The Kier molecular flexibility index (Phi) is 7.19. The van der Waals surface area contributed by atoms with Crippen LogP contribution < -0.4 is 0 Å². The summed E-state index contributed by atoms with van der Waals surface area (Å²) in [5, 5.41) is 0. The molecule has 0 radical (unpaired) electrons. The zero-order valence-corrected chi connectivity index (χ0v) is 17.9. The van der Waals surface area contributed by atoms with Gasteiger partial charge in [0.25, 0.3) is 0 Å². The summed E-state index contributed by atoms with van der Waals surface area (Å²) in [5.74, 6) is -0.906. The van der Waals surface area contributed by atoms with Crippen molar-refractivity contribution in [3.63, 3.8) is 0 Å². The van der Waals surface area contributed by atoms with Gasteiger partial charge in [-0.05, 0) is 0 Å². The van der Waals surface area contributed by atoms with Crippen LogP contribution in [0.25, 0.3) is 0 Å². The Morgan fingerprint density at radius 3 is 1.40 bits per heavy atom. The van der Waals surface area contributed by atoms with Crippen LogP contribution >= 0.6 is 7.43 Å². The molecule has 6 heteroatoms. The van der Waals surface area contributed by atoms with E-state index in [1.54, 1.807) is 0 Å². The topological polar surface area (TPSA) is 67.2 Å². The predicted octanol–water partition coefficient (Wildman–Crippen LogP) is 4.11. The molecule has 0 aliphatic heterocycles. The van der Waals surface area contributed by atoms with E-state index in [-0.39, 0.29) is 24.2 Å². The van der Waals surface area contributed by atoms with Crippen molar-refractivity contribution in [2.75, 3.05) is 0 Å². The maximum absolute atomic E-state index is 11.5. The standard InChI is InChI=1S/C19H37N2O3P/c1-14(2)20(15(3)4)19(18-12-10-9-11-13-18)25(22,23,24)21(16(5)6)17(7)8/h9-17,19,22-24H,1-8H3. The summed E-state index contributed by atoms with van der Waals surface area (Å²) in [6.45, 7) is 15.6. The van der Waals surface area contributed by atoms with Crippen molar-refractivity contribution in [3.05, 3.63) is 35.9 Å². The van der Waals surface area contributed by atoms with Crippen LogP contribution in [0, 0.1) is 0 Å². The number of hydrogen-bond acceptors (Lipinski definition) is 5. The molecule has 3 N–H and O–H groups in total. The molecule has 0 fully saturated rings. The third-order valence-electron chi connectivity index (χ3n) is 4.51. The van der Waals surface area contributed by atoms with E-state index in [1.807, 2.05) is 90.6 Å². The molecule has 1 aromatic rings. The van der Waals surface area contributed by atoms with E-state index in [9.17, 15) is 14.7 Å². The maximum atomic E-state index is 11.5. The Morgan fingerprint density at radius 1 is 0.680 bits per heavy atom. The Morgan fingerprint density at radius 2 is 1.08 bits per heavy atom. The SMILES string of the molecule is CC(C)N(C(C)C)C(c1ccccc1)P(O)(O)(O)N(C(C)C)C(C)C. The molecular formula is C19H37N2O3P. The Labute approximate surface area is 153 Å². The first kappa shape index (κ1) is 22.5. The quantitative estimate of drug-likeness (QED) is 0.599. The molecule has 0 saturated carbocycles. The fourth-order valence-corrected chi connectivity index (χ4v) is 7.81. The monoisotopic (exact) mass is 372 g/mol. The summed E-state index contributed by atoms with van der Waals surface area (Å²) in [6.07, 6.45) is 0. The summed E-state index contributed by atoms with van der Waals surface area (Å²) < 4.78 is 1.49. The van der Waals surface area contributed by atoms with Crippen LogP contribution in [0.5, 0.6) is 0 Å². The van der Waals surface area contributed by atoms with Crippen LogP contribution in [0.2, 0.25) is 0 Å². The molecule has 0 spiro atoms. The van der Waals surface area contributed by atoms with Crippen LogP contribution in [0.15, 0.2) is 30.3 Å². The number of rotatable bonds is 8. The average molecular weight is 372 g/mol. The summed E-state index contributed by atoms with van der Waals surface area (Å²) in [6, 6.07) is 8.94. The molecule has 146 valence electrons. The van der Waals surface area contributed by atoms with Crippen molar-refractivity contribution in [3.8, 4) is 0 Å². The van der Waals surface area contributed by atoms with Gasteiger partial charge in [0, 0.05) is 0 Å². The Balaban J connectivity index is 3.70. The summed E-state index contributed by atoms with van der Waals surface area (Å²) >= 11 is 0. The molecule has 5 nitrogen and oxygen atoms in total. The molecule has 25 heavy (non-hydrogen) atoms. The second kappa shape index (κ2) is 7.99. The Hall–Kier alpha value is -0.550. The molecule has 0 aromatic heterocycles. The third kappa shape index (κ3) is 4.79. The minimum absolute atomic E-state index is 0.0272. The van der Waals surface area contributed by atoms with Gasteiger partial charge in [0.1, 0.15) is 0 Å². The molecule has 1 rings (SSSR count). The fraction of sp³-hybridized carbons (Fsp3) is 0.684. The first-order valence-corrected chi connectivity index (χ1v) is 11.3. The molecule has 0 aliphatic carbocycles. The van der Waals surface area contributed by atoms with Crippen LogP contribution in [-0.4, -0.2) is 48.4 Å². The van der Waals surface area contributed by atoms with E-state index in [4.69, 9.17) is 0 Å². The summed E-state index contributed by atoms with van der Waals surface area (Å²) in [7, 11) is -5.26. The zero-order chi connectivity index (χ0) is 19.6. The molecule has 1 aromatic carbocycles. The number of hydrogen-bond donors (Lipinski definition) is 3. The second-order valence-electron chi connectivity index (χ2n) is 7.99. The summed E-state index contributed by atoms with van der Waals surface area (Å²) in [4.78, 5) is 36.5. The van der Waals surface area contributed by atoms with Crippen LogP contribution in [0.1, 0.15) is 66.7 Å². The normalized spacial score (nSPS) is 16.3. The minimum atomic E-state index is -5.26. The number of benzene rings is 1. The average Bonchev–Trinajstić information content (AvgIpc) is 2.42. The zero-order valence-electron chi connectivity index (χ0n) is 17.0. The molecule has 0 heterocycles. The van der Waals surface area contributed by atoms with Gasteiger partial charge in [-0.25, -0.2) is 0 Å². The molecule has 0 saturated heterocycles. The van der Waals surface area contributed by atoms with Crippen LogP contribution in [0.3, 0.4) is 0 Å². The van der Waals surface area contributed by atoms with E-state index in [0.29, 0.717) is 5.56 Å². The van der Waals surface area contributed by atoms with Crippen molar-refractivity contribution >= 4 is 7.43 Å². The van der Waals surface area contributed by atoms with Crippen molar-refractivity contribution in [2.45, 2.75) is 85.3 Å². The van der Waals surface area contributed by atoms with Gasteiger partial charge in [-0.2, -0.15) is 0 Å². The Bertz CT molecular complexity index is 523.